The highest BCUT2D eigenvalue weighted by atomic mass is 35.5. The molecule has 0 amide bonds. The number of nitrogens with zero attached hydrogens (tertiary/aromatic N) is 2. The van der Waals surface area contributed by atoms with E-state index in [4.69, 9.17) is 17.3 Å². The lowest BCUT2D eigenvalue weighted by atomic mass is 10.3. The molecule has 0 saturated heterocycles. The number of nitrogens with two attached hydrogens (primary N) is 1. The van der Waals surface area contributed by atoms with Crippen molar-refractivity contribution in [3.05, 3.63) is 41.3 Å². The Kier molecular flexibility index (Phi) is 2.92. The molecule has 0 fully saturated rings. The Morgan fingerprint density at radius 1 is 1.25 bits per heavy atom. The number of benzene rings is 1. The molecule has 0 radical (unpaired) electrons. The molecule has 0 spiro atoms. The predicted molar refractivity (Wildman–Crippen MR) is 65.9 cm³/mol. The largest absolute Gasteiger partial charge is 0.397 e. The lowest BCUT2D eigenvalue weighted by Gasteiger charge is -2.07. The molecule has 3 N–H and O–H groups in total. The first-order chi connectivity index (χ1) is 7.65. The number of nitrogens with one attached hydrogen (secondary N) is 1. The highest BCUT2D eigenvalue weighted by Crippen LogP contribution is 2.24. The van der Waals surface area contributed by atoms with Gasteiger partial charge in [-0.2, -0.15) is 0 Å². The van der Waals surface area contributed by atoms with E-state index in [1.165, 1.54) is 6.33 Å². The van der Waals surface area contributed by atoms with Gasteiger partial charge >= 0.3 is 0 Å². The fraction of sp³-hybridized carbons (Fsp3) is 0.0909. The minimum absolute atomic E-state index is 0.539. The summed E-state index contributed by atoms with van der Waals surface area (Å²) in [7, 11) is 0. The summed E-state index contributed by atoms with van der Waals surface area (Å²) in [6.07, 6.45) is 1.51. The van der Waals surface area contributed by atoms with E-state index in [1.54, 1.807) is 12.1 Å². The molecule has 0 bridgehead atoms. The molecule has 0 atom stereocenters. The van der Waals surface area contributed by atoms with Gasteiger partial charge < -0.3 is 11.1 Å². The molecule has 4 nitrogen and oxygen atoms in total. The molecule has 82 valence electrons. The molecule has 1 heterocycles. The zero-order valence-corrected chi connectivity index (χ0v) is 9.49. The summed E-state index contributed by atoms with van der Waals surface area (Å²) < 4.78 is 0. The topological polar surface area (TPSA) is 63.8 Å². The van der Waals surface area contributed by atoms with Gasteiger partial charge in [0.05, 0.1) is 10.7 Å². The van der Waals surface area contributed by atoms with E-state index in [9.17, 15) is 0 Å². The minimum atomic E-state index is 0.539. The first-order valence-electron chi connectivity index (χ1n) is 4.76. The van der Waals surface area contributed by atoms with E-state index in [2.05, 4.69) is 15.3 Å². The van der Waals surface area contributed by atoms with Crippen LogP contribution in [0.15, 0.2) is 30.6 Å². The summed E-state index contributed by atoms with van der Waals surface area (Å²) in [4.78, 5) is 8.11. The molecule has 0 aliphatic carbocycles. The van der Waals surface area contributed by atoms with Gasteiger partial charge in [0.25, 0.3) is 0 Å². The Balaban J connectivity index is 2.24. The molecule has 2 aromatic rings. The molecule has 1 aromatic heterocycles. The van der Waals surface area contributed by atoms with E-state index >= 15 is 0 Å². The van der Waals surface area contributed by atoms with Crippen molar-refractivity contribution in [2.24, 2.45) is 0 Å². The summed E-state index contributed by atoms with van der Waals surface area (Å²) in [5, 5.41) is 3.67. The van der Waals surface area contributed by atoms with Gasteiger partial charge in [0.15, 0.2) is 0 Å². The van der Waals surface area contributed by atoms with Gasteiger partial charge in [-0.3, -0.25) is 0 Å². The lowest BCUT2D eigenvalue weighted by molar-refractivity contribution is 1.10. The zero-order valence-electron chi connectivity index (χ0n) is 8.74. The second kappa shape index (κ2) is 4.37. The number of nitrogen functional groups attached to an aromatic ring is 1. The highest BCUT2D eigenvalue weighted by molar-refractivity contribution is 6.33. The van der Waals surface area contributed by atoms with Gasteiger partial charge in [-0.25, -0.2) is 9.97 Å². The molecule has 16 heavy (non-hydrogen) atoms. The van der Waals surface area contributed by atoms with Crippen LogP contribution in [0.1, 0.15) is 5.69 Å². The van der Waals surface area contributed by atoms with E-state index < -0.39 is 0 Å². The summed E-state index contributed by atoms with van der Waals surface area (Å²) in [6, 6.07) is 7.20. The average molecular weight is 235 g/mol. The SMILES string of the molecule is Cc1cc(Nc2ccc(Cl)c(N)c2)ncn1. The number of aromatic nitrogens is 2. The second-order valence-corrected chi connectivity index (χ2v) is 3.81. The molecule has 1 aromatic carbocycles. The fourth-order valence-corrected chi connectivity index (χ4v) is 1.41. The Morgan fingerprint density at radius 2 is 2.06 bits per heavy atom. The van der Waals surface area contributed by atoms with E-state index in [0.717, 1.165) is 17.2 Å². The highest BCUT2D eigenvalue weighted by Gasteiger charge is 2.00. The third-order valence-electron chi connectivity index (χ3n) is 2.07. The van der Waals surface area contributed by atoms with Crippen molar-refractivity contribution in [3.8, 4) is 0 Å². The molecular weight excluding hydrogens is 224 g/mol. The van der Waals surface area contributed by atoms with Gasteiger partial charge in [-0.1, -0.05) is 11.6 Å². The Bertz CT molecular complexity index is 513. The van der Waals surface area contributed by atoms with Gasteiger partial charge in [0.2, 0.25) is 0 Å². The summed E-state index contributed by atoms with van der Waals surface area (Å²) in [5.74, 6) is 0.731. The van der Waals surface area contributed by atoms with E-state index in [1.807, 2.05) is 19.1 Å². The normalized spacial score (nSPS) is 10.1. The number of aryl methyl sites for hydroxylation is 1. The third kappa shape index (κ3) is 2.41. The van der Waals surface area contributed by atoms with Crippen molar-refractivity contribution in [2.45, 2.75) is 6.92 Å². The van der Waals surface area contributed by atoms with Crippen molar-refractivity contribution in [1.29, 1.82) is 0 Å². The van der Waals surface area contributed by atoms with Crippen LogP contribution in [0.25, 0.3) is 0 Å². The van der Waals surface area contributed by atoms with Crippen LogP contribution in [-0.4, -0.2) is 9.97 Å². The molecule has 0 unspecified atom stereocenters. The van der Waals surface area contributed by atoms with Crippen molar-refractivity contribution in [2.75, 3.05) is 11.1 Å². The fourth-order valence-electron chi connectivity index (χ4n) is 1.29. The van der Waals surface area contributed by atoms with Crippen LogP contribution in [-0.2, 0) is 0 Å². The molecule has 0 aliphatic rings. The molecular formula is C11H11ClN4. The molecule has 0 saturated carbocycles. The van der Waals surface area contributed by atoms with Crippen molar-refractivity contribution in [3.63, 3.8) is 0 Å². The van der Waals surface area contributed by atoms with Gasteiger partial charge in [0.1, 0.15) is 12.1 Å². The average Bonchev–Trinajstić information content (AvgIpc) is 2.24. The second-order valence-electron chi connectivity index (χ2n) is 3.41. The predicted octanol–water partition coefficient (Wildman–Crippen LogP) is 2.76. The van der Waals surface area contributed by atoms with E-state index in [-0.39, 0.29) is 0 Å². The Hall–Kier alpha value is -1.81. The summed E-state index contributed by atoms with van der Waals surface area (Å²) in [5.41, 5.74) is 7.99. The number of hydrogen-bond acceptors (Lipinski definition) is 4. The molecule has 5 heteroatoms. The van der Waals surface area contributed by atoms with Gasteiger partial charge in [-0.15, -0.1) is 0 Å². The van der Waals surface area contributed by atoms with Crippen LogP contribution in [0.2, 0.25) is 5.02 Å². The standard InChI is InChI=1S/C11H11ClN4/c1-7-4-11(15-6-14-7)16-8-2-3-9(12)10(13)5-8/h2-6H,13H2,1H3,(H,14,15,16). The van der Waals surface area contributed by atoms with Crippen LogP contribution in [0.4, 0.5) is 17.2 Å². The third-order valence-corrected chi connectivity index (χ3v) is 2.42. The summed E-state index contributed by atoms with van der Waals surface area (Å²) in [6.45, 7) is 1.91. The Labute approximate surface area is 98.5 Å². The van der Waals surface area contributed by atoms with Crippen molar-refractivity contribution >= 4 is 28.8 Å². The van der Waals surface area contributed by atoms with E-state index in [0.29, 0.717) is 10.7 Å². The maximum absolute atomic E-state index is 5.83. The van der Waals surface area contributed by atoms with Gasteiger partial charge in [-0.05, 0) is 25.1 Å². The smallest absolute Gasteiger partial charge is 0.133 e. The zero-order chi connectivity index (χ0) is 11.5. The van der Waals surface area contributed by atoms with Crippen LogP contribution in [0.5, 0.6) is 0 Å². The summed E-state index contributed by atoms with van der Waals surface area (Å²) >= 11 is 5.83. The maximum atomic E-state index is 5.83. The first-order valence-corrected chi connectivity index (χ1v) is 5.13. The maximum Gasteiger partial charge on any atom is 0.133 e. The lowest BCUT2D eigenvalue weighted by Crippen LogP contribution is -1.96. The van der Waals surface area contributed by atoms with Crippen molar-refractivity contribution in [1.82, 2.24) is 9.97 Å². The molecule has 0 aliphatic heterocycles. The van der Waals surface area contributed by atoms with Crippen LogP contribution in [0, 0.1) is 6.92 Å². The van der Waals surface area contributed by atoms with Gasteiger partial charge in [0, 0.05) is 17.4 Å². The quantitative estimate of drug-likeness (QED) is 0.785. The number of rotatable bonds is 2. The van der Waals surface area contributed by atoms with Crippen LogP contribution >= 0.6 is 11.6 Å². The number of halogens is 1. The first kappa shape index (κ1) is 10.7. The number of hydrogen-bond donors (Lipinski definition) is 2. The molecule has 2 rings (SSSR count). The Morgan fingerprint density at radius 3 is 2.75 bits per heavy atom. The van der Waals surface area contributed by atoms with Crippen LogP contribution in [0.3, 0.4) is 0 Å². The van der Waals surface area contributed by atoms with Crippen molar-refractivity contribution < 1.29 is 0 Å². The minimum Gasteiger partial charge on any atom is -0.397 e. The van der Waals surface area contributed by atoms with Crippen LogP contribution < -0.4 is 11.1 Å². The monoisotopic (exact) mass is 234 g/mol. The number of anilines is 3.